The highest BCUT2D eigenvalue weighted by Crippen LogP contribution is 2.24. The van der Waals surface area contributed by atoms with Gasteiger partial charge in [0.15, 0.2) is 15.6 Å². The van der Waals surface area contributed by atoms with E-state index in [1.807, 2.05) is 30.5 Å². The van der Waals surface area contributed by atoms with E-state index < -0.39 is 15.7 Å². The van der Waals surface area contributed by atoms with Crippen LogP contribution < -0.4 is 5.32 Å². The average molecular weight is 437 g/mol. The van der Waals surface area contributed by atoms with Crippen molar-refractivity contribution in [3.05, 3.63) is 84.4 Å². The molecule has 7 heteroatoms. The van der Waals surface area contributed by atoms with Gasteiger partial charge in [0, 0.05) is 34.9 Å². The molecule has 31 heavy (non-hydrogen) atoms. The highest BCUT2D eigenvalue weighted by Gasteiger charge is 2.22. The standard InChI is InChI=1S/C24H24N2O4S/c1-17(2)15-26-12-10-18-14-20(8-9-22(18)26)25-24(27)23-19(11-13-30-23)16-31(28,29)21-6-4-3-5-7-21/h3-14,17H,15-16H2,1-2H3,(H,25,27). The highest BCUT2D eigenvalue weighted by atomic mass is 32.2. The Hall–Kier alpha value is -3.32. The minimum absolute atomic E-state index is 0.00280. The van der Waals surface area contributed by atoms with Crippen molar-refractivity contribution >= 4 is 32.3 Å². The third-order valence-electron chi connectivity index (χ3n) is 4.99. The molecule has 6 nitrogen and oxygen atoms in total. The van der Waals surface area contributed by atoms with Gasteiger partial charge in [-0.2, -0.15) is 0 Å². The predicted octanol–water partition coefficient (Wildman–Crippen LogP) is 5.12. The van der Waals surface area contributed by atoms with Gasteiger partial charge >= 0.3 is 0 Å². The predicted molar refractivity (Wildman–Crippen MR) is 121 cm³/mol. The molecular weight excluding hydrogens is 412 g/mol. The van der Waals surface area contributed by atoms with Crippen molar-refractivity contribution in [1.82, 2.24) is 4.57 Å². The highest BCUT2D eigenvalue weighted by molar-refractivity contribution is 7.90. The zero-order valence-corrected chi connectivity index (χ0v) is 18.2. The van der Waals surface area contributed by atoms with Crippen LogP contribution in [-0.4, -0.2) is 18.9 Å². The third kappa shape index (κ3) is 4.56. The lowest BCUT2D eigenvalue weighted by Crippen LogP contribution is -2.14. The summed E-state index contributed by atoms with van der Waals surface area (Å²) in [6, 6.07) is 17.4. The van der Waals surface area contributed by atoms with Crippen LogP contribution in [0.2, 0.25) is 0 Å². The zero-order valence-electron chi connectivity index (χ0n) is 17.4. The lowest BCUT2D eigenvalue weighted by atomic mass is 10.2. The summed E-state index contributed by atoms with van der Waals surface area (Å²) in [5.74, 6) is -0.270. The van der Waals surface area contributed by atoms with Crippen molar-refractivity contribution in [2.45, 2.75) is 31.0 Å². The normalized spacial score (nSPS) is 11.8. The summed E-state index contributed by atoms with van der Waals surface area (Å²) >= 11 is 0. The quantitative estimate of drug-likeness (QED) is 0.436. The maximum atomic E-state index is 12.8. The molecule has 0 spiro atoms. The molecule has 0 saturated carbocycles. The van der Waals surface area contributed by atoms with Gasteiger partial charge in [-0.05, 0) is 48.4 Å². The van der Waals surface area contributed by atoms with E-state index in [4.69, 9.17) is 4.42 Å². The summed E-state index contributed by atoms with van der Waals surface area (Å²) in [6.45, 7) is 5.25. The lowest BCUT2D eigenvalue weighted by Gasteiger charge is -2.09. The summed E-state index contributed by atoms with van der Waals surface area (Å²) in [6.07, 6.45) is 3.37. The van der Waals surface area contributed by atoms with Crippen LogP contribution in [0.1, 0.15) is 30.0 Å². The minimum Gasteiger partial charge on any atom is -0.459 e. The summed E-state index contributed by atoms with van der Waals surface area (Å²) in [4.78, 5) is 13.0. The van der Waals surface area contributed by atoms with Gasteiger partial charge in [-0.15, -0.1) is 0 Å². The fourth-order valence-electron chi connectivity index (χ4n) is 3.58. The van der Waals surface area contributed by atoms with Crippen molar-refractivity contribution in [3.8, 4) is 0 Å². The van der Waals surface area contributed by atoms with Crippen LogP contribution in [0.5, 0.6) is 0 Å². The molecule has 0 bridgehead atoms. The molecule has 4 rings (SSSR count). The van der Waals surface area contributed by atoms with Gasteiger partial charge in [0.2, 0.25) is 0 Å². The Bertz CT molecular complexity index is 1320. The number of nitrogens with zero attached hydrogens (tertiary/aromatic N) is 1. The van der Waals surface area contributed by atoms with E-state index in [-0.39, 0.29) is 16.4 Å². The van der Waals surface area contributed by atoms with Gasteiger partial charge in [0.05, 0.1) is 16.9 Å². The number of hydrogen-bond donors (Lipinski definition) is 1. The largest absolute Gasteiger partial charge is 0.459 e. The molecule has 0 radical (unpaired) electrons. The fraction of sp³-hybridized carbons (Fsp3) is 0.208. The van der Waals surface area contributed by atoms with Crippen molar-refractivity contribution in [1.29, 1.82) is 0 Å². The molecule has 0 atom stereocenters. The SMILES string of the molecule is CC(C)Cn1ccc2cc(NC(=O)c3occc3CS(=O)(=O)c3ccccc3)ccc21. The second-order valence-electron chi connectivity index (χ2n) is 7.94. The van der Waals surface area contributed by atoms with Crippen LogP contribution in [0, 0.1) is 5.92 Å². The maximum Gasteiger partial charge on any atom is 0.291 e. The minimum atomic E-state index is -3.59. The molecule has 2 aromatic heterocycles. The van der Waals surface area contributed by atoms with Crippen LogP contribution in [0.3, 0.4) is 0 Å². The second kappa shape index (κ2) is 8.43. The first kappa shape index (κ1) is 20.9. The zero-order chi connectivity index (χ0) is 22.0. The molecule has 1 amide bonds. The molecule has 0 unspecified atom stereocenters. The molecule has 0 aliphatic heterocycles. The smallest absolute Gasteiger partial charge is 0.291 e. The van der Waals surface area contributed by atoms with Crippen molar-refractivity contribution < 1.29 is 17.6 Å². The number of carbonyl (C=O) groups is 1. The van der Waals surface area contributed by atoms with E-state index in [1.165, 1.54) is 24.5 Å². The lowest BCUT2D eigenvalue weighted by molar-refractivity contribution is 0.0996. The number of benzene rings is 2. The van der Waals surface area contributed by atoms with E-state index in [2.05, 4.69) is 23.7 Å². The Morgan fingerprint density at radius 3 is 2.58 bits per heavy atom. The Morgan fingerprint density at radius 2 is 1.84 bits per heavy atom. The number of hydrogen-bond acceptors (Lipinski definition) is 4. The van der Waals surface area contributed by atoms with Crippen LogP contribution in [0.15, 0.2) is 82.4 Å². The Balaban J connectivity index is 1.53. The second-order valence-corrected chi connectivity index (χ2v) is 9.93. The van der Waals surface area contributed by atoms with Gasteiger partial charge in [-0.1, -0.05) is 32.0 Å². The first-order valence-electron chi connectivity index (χ1n) is 10.1. The fourth-order valence-corrected chi connectivity index (χ4v) is 4.96. The number of amides is 1. The van der Waals surface area contributed by atoms with Crippen LogP contribution in [0.25, 0.3) is 10.9 Å². The third-order valence-corrected chi connectivity index (χ3v) is 6.67. The molecular formula is C24H24N2O4S. The van der Waals surface area contributed by atoms with Crippen molar-refractivity contribution in [3.63, 3.8) is 0 Å². The monoisotopic (exact) mass is 436 g/mol. The summed E-state index contributed by atoms with van der Waals surface area (Å²) in [7, 11) is -3.59. The van der Waals surface area contributed by atoms with E-state index in [0.717, 1.165) is 17.4 Å². The van der Waals surface area contributed by atoms with Crippen molar-refractivity contribution in [2.24, 2.45) is 5.92 Å². The number of aromatic nitrogens is 1. The Morgan fingerprint density at radius 1 is 1.06 bits per heavy atom. The first-order valence-corrected chi connectivity index (χ1v) is 11.7. The Kier molecular flexibility index (Phi) is 5.69. The summed E-state index contributed by atoms with van der Waals surface area (Å²) in [5.41, 5.74) is 2.04. The summed E-state index contributed by atoms with van der Waals surface area (Å²) < 4.78 is 32.9. The molecule has 4 aromatic rings. The van der Waals surface area contributed by atoms with Gasteiger partial charge in [0.25, 0.3) is 5.91 Å². The molecule has 2 heterocycles. The van der Waals surface area contributed by atoms with Gasteiger partial charge < -0.3 is 14.3 Å². The topological polar surface area (TPSA) is 81.3 Å². The maximum absolute atomic E-state index is 12.8. The molecule has 0 aliphatic carbocycles. The van der Waals surface area contributed by atoms with Crippen molar-refractivity contribution in [2.75, 3.05) is 5.32 Å². The Labute approximate surface area is 181 Å². The van der Waals surface area contributed by atoms with Gasteiger partial charge in [-0.3, -0.25) is 4.79 Å². The number of sulfone groups is 1. The number of furan rings is 1. The van der Waals surface area contributed by atoms with E-state index in [0.29, 0.717) is 17.2 Å². The van der Waals surface area contributed by atoms with E-state index in [1.54, 1.807) is 18.2 Å². The first-order chi connectivity index (χ1) is 14.8. The number of nitrogens with one attached hydrogen (secondary N) is 1. The van der Waals surface area contributed by atoms with E-state index in [9.17, 15) is 13.2 Å². The average Bonchev–Trinajstić information content (AvgIpc) is 3.35. The van der Waals surface area contributed by atoms with Gasteiger partial charge in [0.1, 0.15) is 0 Å². The molecule has 1 N–H and O–H groups in total. The van der Waals surface area contributed by atoms with E-state index >= 15 is 0 Å². The number of rotatable bonds is 7. The summed E-state index contributed by atoms with van der Waals surface area (Å²) in [5, 5.41) is 3.83. The number of carbonyl (C=O) groups excluding carboxylic acids is 1. The number of anilines is 1. The molecule has 0 fully saturated rings. The molecule has 160 valence electrons. The molecule has 2 aromatic carbocycles. The molecule has 0 saturated heterocycles. The van der Waals surface area contributed by atoms with Crippen LogP contribution in [-0.2, 0) is 22.1 Å². The van der Waals surface area contributed by atoms with Crippen LogP contribution in [0.4, 0.5) is 5.69 Å². The van der Waals surface area contributed by atoms with Gasteiger partial charge in [-0.25, -0.2) is 8.42 Å². The number of fused-ring (bicyclic) bond motifs is 1. The van der Waals surface area contributed by atoms with Crippen LogP contribution >= 0.6 is 0 Å². The molecule has 0 aliphatic rings.